The van der Waals surface area contributed by atoms with Crippen LogP contribution in [-0.4, -0.2) is 34.7 Å². The maximum absolute atomic E-state index is 12.4. The average molecular weight is 499 g/mol. The molecule has 0 aromatic carbocycles. The largest absolute Gasteiger partial charge is 0.385 e. The van der Waals surface area contributed by atoms with Gasteiger partial charge in [-0.1, -0.05) is 30.6 Å². The second kappa shape index (κ2) is 9.15. The molecule has 0 saturated heterocycles. The molecule has 1 aromatic rings. The van der Waals surface area contributed by atoms with Gasteiger partial charge in [0.15, 0.2) is 12.4 Å². The van der Waals surface area contributed by atoms with E-state index in [0.717, 1.165) is 55.5 Å². The van der Waals surface area contributed by atoms with Crippen molar-refractivity contribution in [2.75, 3.05) is 6.61 Å². The molecule has 1 heterocycles. The highest BCUT2D eigenvalue weighted by Gasteiger charge is 2.65. The van der Waals surface area contributed by atoms with Crippen LogP contribution in [0.3, 0.4) is 0 Å². The fraction of sp³-hybridized carbons (Fsp3) is 0.679. The molecule has 0 bridgehead atoms. The van der Waals surface area contributed by atoms with Crippen molar-refractivity contribution in [2.24, 2.45) is 33.7 Å². The predicted octanol–water partition coefficient (Wildman–Crippen LogP) is 5.02. The van der Waals surface area contributed by atoms with Crippen LogP contribution in [0.1, 0.15) is 77.0 Å². The number of fused-ring (bicyclic) bond motifs is 5. The van der Waals surface area contributed by atoms with E-state index in [0.29, 0.717) is 30.7 Å². The van der Waals surface area contributed by atoms with Gasteiger partial charge in [0.25, 0.3) is 5.91 Å². The summed E-state index contributed by atoms with van der Waals surface area (Å²) < 4.78 is 0. The summed E-state index contributed by atoms with van der Waals surface area (Å²) >= 11 is 1.62. The van der Waals surface area contributed by atoms with E-state index in [4.69, 9.17) is 4.84 Å². The Morgan fingerprint density at radius 3 is 2.71 bits per heavy atom. The average Bonchev–Trinajstić information content (AvgIpc) is 3.44. The molecule has 0 spiro atoms. The van der Waals surface area contributed by atoms with Gasteiger partial charge in [0, 0.05) is 10.3 Å². The number of hydrogen-bond acceptors (Lipinski definition) is 6. The van der Waals surface area contributed by atoms with E-state index in [2.05, 4.69) is 30.4 Å². The van der Waals surface area contributed by atoms with Crippen LogP contribution in [0, 0.1) is 28.6 Å². The summed E-state index contributed by atoms with van der Waals surface area (Å²) in [6.45, 7) is 6.61. The van der Waals surface area contributed by atoms with Gasteiger partial charge in [-0.25, -0.2) is 0 Å². The molecule has 4 aliphatic rings. The van der Waals surface area contributed by atoms with Crippen molar-refractivity contribution >= 4 is 28.7 Å². The van der Waals surface area contributed by atoms with E-state index in [1.54, 1.807) is 18.3 Å². The summed E-state index contributed by atoms with van der Waals surface area (Å²) in [6.07, 6.45) is 9.79. The third-order valence-electron chi connectivity index (χ3n) is 10.1. The van der Waals surface area contributed by atoms with Crippen molar-refractivity contribution in [3.05, 3.63) is 34.0 Å². The first-order valence-corrected chi connectivity index (χ1v) is 14.0. The molecule has 190 valence electrons. The van der Waals surface area contributed by atoms with Crippen LogP contribution in [0.2, 0.25) is 0 Å². The molecule has 1 amide bonds. The summed E-state index contributed by atoms with van der Waals surface area (Å²) in [5, 5.41) is 20.5. The van der Waals surface area contributed by atoms with Gasteiger partial charge in [0.1, 0.15) is 5.60 Å². The van der Waals surface area contributed by atoms with E-state index in [-0.39, 0.29) is 29.1 Å². The van der Waals surface area contributed by atoms with Crippen molar-refractivity contribution < 1.29 is 19.5 Å². The van der Waals surface area contributed by atoms with Gasteiger partial charge in [0.05, 0.1) is 12.3 Å². The van der Waals surface area contributed by atoms with Crippen LogP contribution < -0.4 is 5.32 Å². The Bertz CT molecular complexity index is 1050. The minimum Gasteiger partial charge on any atom is -0.385 e. The predicted molar refractivity (Wildman–Crippen MR) is 137 cm³/mol. The molecule has 7 heteroatoms. The molecule has 6 atom stereocenters. The molecule has 3 saturated carbocycles. The normalized spacial score (nSPS) is 39.3. The van der Waals surface area contributed by atoms with Crippen LogP contribution >= 0.6 is 11.3 Å². The first-order valence-electron chi connectivity index (χ1n) is 13.1. The lowest BCUT2D eigenvalue weighted by molar-refractivity contribution is -0.159. The number of allylic oxidation sites excluding steroid dienone is 2. The van der Waals surface area contributed by atoms with Crippen molar-refractivity contribution in [3.63, 3.8) is 0 Å². The van der Waals surface area contributed by atoms with Gasteiger partial charge < -0.3 is 15.3 Å². The number of aliphatic hydroxyl groups is 1. The molecule has 0 aliphatic heterocycles. The lowest BCUT2D eigenvalue weighted by atomic mass is 9.46. The molecule has 1 aromatic heterocycles. The van der Waals surface area contributed by atoms with Gasteiger partial charge >= 0.3 is 0 Å². The molecular formula is C28H38N2O4S. The summed E-state index contributed by atoms with van der Waals surface area (Å²) in [6, 6.07) is 3.97. The van der Waals surface area contributed by atoms with E-state index in [9.17, 15) is 14.7 Å². The van der Waals surface area contributed by atoms with E-state index in [1.165, 1.54) is 5.57 Å². The Labute approximate surface area is 212 Å². The number of carbonyl (C=O) groups excluding carboxylic acids is 2. The molecule has 2 N–H and O–H groups in total. The van der Waals surface area contributed by atoms with Crippen LogP contribution in [0.4, 0.5) is 0 Å². The molecule has 4 aliphatic carbocycles. The third-order valence-corrected chi connectivity index (χ3v) is 11.0. The number of oxime groups is 1. The van der Waals surface area contributed by atoms with Gasteiger partial charge in [0.2, 0.25) is 0 Å². The smallest absolute Gasteiger partial charge is 0.261 e. The number of thiophene rings is 1. The molecule has 6 nitrogen and oxygen atoms in total. The Balaban J connectivity index is 1.23. The second-order valence-electron chi connectivity index (χ2n) is 11.6. The summed E-state index contributed by atoms with van der Waals surface area (Å²) in [5.74, 6) is 1.34. The molecular weight excluding hydrogens is 460 g/mol. The number of amides is 1. The maximum Gasteiger partial charge on any atom is 0.261 e. The van der Waals surface area contributed by atoms with E-state index >= 15 is 0 Å². The minimum atomic E-state index is -1.15. The highest BCUT2D eigenvalue weighted by atomic mass is 32.1. The van der Waals surface area contributed by atoms with E-state index in [1.807, 2.05) is 17.5 Å². The summed E-state index contributed by atoms with van der Waals surface area (Å²) in [5.41, 5.74) is 1.07. The summed E-state index contributed by atoms with van der Waals surface area (Å²) in [7, 11) is 0. The maximum atomic E-state index is 12.4. The first kappa shape index (κ1) is 24.7. The van der Waals surface area contributed by atoms with Crippen molar-refractivity contribution in [2.45, 2.75) is 84.3 Å². The van der Waals surface area contributed by atoms with E-state index < -0.39 is 5.60 Å². The Morgan fingerprint density at radius 1 is 1.17 bits per heavy atom. The van der Waals surface area contributed by atoms with Crippen LogP contribution in [0.15, 0.2) is 34.3 Å². The summed E-state index contributed by atoms with van der Waals surface area (Å²) in [4.78, 5) is 31.0. The SMILES string of the molecule is CC(=O)[C@]1(O)CC[C@@H]2[C@@H]3CCC4=CC(=NOCC(=O)NCc5cccs5)CC[C@]4(C)[C@@H]3CC[C@@]21C. The van der Waals surface area contributed by atoms with Gasteiger partial charge in [-0.3, -0.25) is 9.59 Å². The Morgan fingerprint density at radius 2 is 1.97 bits per heavy atom. The monoisotopic (exact) mass is 498 g/mol. The highest BCUT2D eigenvalue weighted by Crippen LogP contribution is 2.67. The van der Waals surface area contributed by atoms with Crippen LogP contribution in [0.25, 0.3) is 0 Å². The number of ketones is 1. The Kier molecular flexibility index (Phi) is 6.45. The number of rotatable bonds is 6. The standard InChI is InChI=1S/C28H38N2O4S/c1-18(31)28(33)13-10-24-22-7-6-19-15-20(8-11-26(19,2)23(22)9-12-27(24,28)3)30-34-17-25(32)29-16-21-5-4-14-35-21/h4-5,14-15,22-24,33H,6-13,16-17H2,1-3H3,(H,29,32)/t22-,23-,24-,26+,27+,28-/m1/s1. The Hall–Kier alpha value is -1.99. The van der Waals surface area contributed by atoms with Crippen molar-refractivity contribution in [3.8, 4) is 0 Å². The molecule has 3 fully saturated rings. The molecule has 0 unspecified atom stereocenters. The minimum absolute atomic E-state index is 0.0534. The van der Waals surface area contributed by atoms with Gasteiger partial charge in [-0.05, 0) is 99.0 Å². The lowest BCUT2D eigenvalue weighted by Gasteiger charge is -2.59. The van der Waals surface area contributed by atoms with Crippen molar-refractivity contribution in [1.82, 2.24) is 5.32 Å². The zero-order valence-electron chi connectivity index (χ0n) is 21.1. The first-order chi connectivity index (χ1) is 16.7. The van der Waals surface area contributed by atoms with Gasteiger partial charge in [-0.15, -0.1) is 11.3 Å². The van der Waals surface area contributed by atoms with Crippen LogP contribution in [0.5, 0.6) is 0 Å². The third kappa shape index (κ3) is 4.08. The second-order valence-corrected chi connectivity index (χ2v) is 12.7. The van der Waals surface area contributed by atoms with Crippen LogP contribution in [-0.2, 0) is 21.0 Å². The zero-order valence-corrected chi connectivity index (χ0v) is 22.0. The number of hydrogen-bond donors (Lipinski definition) is 2. The highest BCUT2D eigenvalue weighted by molar-refractivity contribution is 7.09. The fourth-order valence-electron chi connectivity index (χ4n) is 8.06. The number of nitrogens with one attached hydrogen (secondary N) is 1. The number of carbonyl (C=O) groups is 2. The zero-order chi connectivity index (χ0) is 24.8. The number of Topliss-reactive ketones (excluding diaryl/α,β-unsaturated/α-hetero) is 1. The topological polar surface area (TPSA) is 88.0 Å². The molecule has 5 rings (SSSR count). The number of nitrogens with zero attached hydrogens (tertiary/aromatic N) is 1. The van der Waals surface area contributed by atoms with Gasteiger partial charge in [-0.2, -0.15) is 0 Å². The lowest BCUT2D eigenvalue weighted by Crippen LogP contribution is -2.57. The fourth-order valence-corrected chi connectivity index (χ4v) is 8.71. The molecule has 35 heavy (non-hydrogen) atoms. The molecule has 0 radical (unpaired) electrons. The van der Waals surface area contributed by atoms with Crippen molar-refractivity contribution in [1.29, 1.82) is 0 Å². The quantitative estimate of drug-likeness (QED) is 0.539.